The number of hydrogen-bond donors (Lipinski definition) is 2. The molecule has 1 aliphatic carbocycles. The van der Waals surface area contributed by atoms with Crippen LogP contribution >= 0.6 is 0 Å². The molecule has 4 heteroatoms. The first kappa shape index (κ1) is 12.8. The molecular formula is C13H25N3O. The molecule has 4 nitrogen and oxygen atoms in total. The van der Waals surface area contributed by atoms with E-state index in [1.807, 2.05) is 0 Å². The molecule has 0 radical (unpaired) electrons. The Morgan fingerprint density at radius 3 is 2.59 bits per heavy atom. The van der Waals surface area contributed by atoms with E-state index in [0.29, 0.717) is 24.5 Å². The fourth-order valence-corrected chi connectivity index (χ4v) is 3.35. The van der Waals surface area contributed by atoms with Gasteiger partial charge < -0.3 is 11.1 Å². The monoisotopic (exact) mass is 239 g/mol. The summed E-state index contributed by atoms with van der Waals surface area (Å²) in [6.45, 7) is 4.82. The number of carbonyl (C=O) groups is 1. The highest BCUT2D eigenvalue weighted by Crippen LogP contribution is 2.27. The van der Waals surface area contributed by atoms with Crippen LogP contribution in [-0.4, -0.2) is 42.5 Å². The lowest BCUT2D eigenvalue weighted by Gasteiger charge is -2.39. The molecule has 1 saturated carbocycles. The molecule has 0 aromatic rings. The molecule has 1 heterocycles. The Balaban J connectivity index is 1.99. The van der Waals surface area contributed by atoms with Gasteiger partial charge in [-0.05, 0) is 31.7 Å². The average molecular weight is 239 g/mol. The van der Waals surface area contributed by atoms with Crippen molar-refractivity contribution in [1.82, 2.24) is 10.2 Å². The number of nitrogens with one attached hydrogen (secondary N) is 1. The molecule has 2 unspecified atom stereocenters. The molecule has 1 saturated heterocycles. The van der Waals surface area contributed by atoms with Crippen LogP contribution in [0.1, 0.15) is 39.0 Å². The zero-order chi connectivity index (χ0) is 12.3. The Morgan fingerprint density at radius 2 is 2.00 bits per heavy atom. The van der Waals surface area contributed by atoms with Gasteiger partial charge in [0.05, 0.1) is 6.54 Å². The van der Waals surface area contributed by atoms with E-state index in [4.69, 9.17) is 5.73 Å². The molecule has 2 aliphatic rings. The number of nitrogens with two attached hydrogens (primary N) is 1. The number of amides is 1. The van der Waals surface area contributed by atoms with Gasteiger partial charge in [-0.1, -0.05) is 19.8 Å². The van der Waals surface area contributed by atoms with Gasteiger partial charge in [-0.25, -0.2) is 0 Å². The van der Waals surface area contributed by atoms with Crippen LogP contribution in [0.5, 0.6) is 0 Å². The van der Waals surface area contributed by atoms with E-state index in [0.717, 1.165) is 13.1 Å². The Morgan fingerprint density at radius 1 is 1.29 bits per heavy atom. The third-order valence-electron chi connectivity index (χ3n) is 4.15. The maximum absolute atomic E-state index is 11.3. The largest absolute Gasteiger partial charge is 0.369 e. The zero-order valence-corrected chi connectivity index (χ0v) is 10.8. The first-order valence-corrected chi connectivity index (χ1v) is 6.91. The summed E-state index contributed by atoms with van der Waals surface area (Å²) in [5.41, 5.74) is 5.40. The van der Waals surface area contributed by atoms with Gasteiger partial charge >= 0.3 is 0 Å². The van der Waals surface area contributed by atoms with E-state index >= 15 is 0 Å². The maximum atomic E-state index is 11.3. The summed E-state index contributed by atoms with van der Waals surface area (Å²) in [5, 5.41) is 3.47. The number of rotatable bonds is 4. The quantitative estimate of drug-likeness (QED) is 0.760. The predicted octanol–water partition coefficient (Wildman–Crippen LogP) is 0.714. The molecule has 0 aromatic heterocycles. The molecule has 1 aliphatic heterocycles. The van der Waals surface area contributed by atoms with Crippen LogP contribution in [0.2, 0.25) is 0 Å². The van der Waals surface area contributed by atoms with E-state index in [1.165, 1.54) is 32.1 Å². The van der Waals surface area contributed by atoms with Gasteiger partial charge in [0.2, 0.25) is 5.91 Å². The van der Waals surface area contributed by atoms with Crippen LogP contribution in [0.15, 0.2) is 0 Å². The van der Waals surface area contributed by atoms with Crippen molar-refractivity contribution >= 4 is 5.91 Å². The lowest BCUT2D eigenvalue weighted by atomic mass is 9.95. The van der Waals surface area contributed by atoms with Gasteiger partial charge in [0.25, 0.3) is 0 Å². The van der Waals surface area contributed by atoms with Crippen molar-refractivity contribution in [3.63, 3.8) is 0 Å². The molecule has 3 N–H and O–H groups in total. The average Bonchev–Trinajstić information content (AvgIpc) is 2.79. The molecular weight excluding hydrogens is 214 g/mol. The Kier molecular flexibility index (Phi) is 4.40. The molecule has 0 aromatic carbocycles. The van der Waals surface area contributed by atoms with Crippen LogP contribution < -0.4 is 11.1 Å². The summed E-state index contributed by atoms with van der Waals surface area (Å²) in [4.78, 5) is 13.6. The summed E-state index contributed by atoms with van der Waals surface area (Å²) < 4.78 is 0. The molecule has 0 spiro atoms. The fraction of sp³-hybridized carbons (Fsp3) is 0.923. The van der Waals surface area contributed by atoms with Gasteiger partial charge in [-0.3, -0.25) is 9.69 Å². The van der Waals surface area contributed by atoms with E-state index < -0.39 is 0 Å². The van der Waals surface area contributed by atoms with Crippen LogP contribution in [0.4, 0.5) is 0 Å². The van der Waals surface area contributed by atoms with E-state index in [9.17, 15) is 4.79 Å². The van der Waals surface area contributed by atoms with Crippen molar-refractivity contribution in [3.8, 4) is 0 Å². The normalized spacial score (nSPS) is 30.9. The van der Waals surface area contributed by atoms with Crippen molar-refractivity contribution in [2.75, 3.05) is 19.6 Å². The second-order valence-electron chi connectivity index (χ2n) is 5.73. The summed E-state index contributed by atoms with van der Waals surface area (Å²) in [5.74, 6) is 0.514. The third-order valence-corrected chi connectivity index (χ3v) is 4.15. The summed E-state index contributed by atoms with van der Waals surface area (Å²) in [7, 11) is 0. The first-order chi connectivity index (χ1) is 8.16. The van der Waals surface area contributed by atoms with Gasteiger partial charge in [-0.2, -0.15) is 0 Å². The van der Waals surface area contributed by atoms with Crippen LogP contribution in [0.25, 0.3) is 0 Å². The van der Waals surface area contributed by atoms with Crippen LogP contribution in [0, 0.1) is 5.92 Å². The molecule has 2 fully saturated rings. The topological polar surface area (TPSA) is 58.4 Å². The highest BCUT2D eigenvalue weighted by molar-refractivity contribution is 5.76. The second-order valence-corrected chi connectivity index (χ2v) is 5.73. The van der Waals surface area contributed by atoms with Crippen LogP contribution in [0.3, 0.4) is 0 Å². The number of carbonyl (C=O) groups excluding carboxylic acids is 1. The highest BCUT2D eigenvalue weighted by Gasteiger charge is 2.31. The van der Waals surface area contributed by atoms with Gasteiger partial charge in [0.15, 0.2) is 0 Å². The van der Waals surface area contributed by atoms with E-state index in [2.05, 4.69) is 17.1 Å². The van der Waals surface area contributed by atoms with Crippen molar-refractivity contribution in [3.05, 3.63) is 0 Å². The van der Waals surface area contributed by atoms with Crippen molar-refractivity contribution < 1.29 is 4.79 Å². The number of piperidine rings is 1. The zero-order valence-electron chi connectivity index (χ0n) is 10.8. The molecule has 1 amide bonds. The molecule has 2 rings (SSSR count). The Bertz CT molecular complexity index is 263. The van der Waals surface area contributed by atoms with Gasteiger partial charge in [0, 0.05) is 18.6 Å². The minimum Gasteiger partial charge on any atom is -0.369 e. The Labute approximate surface area is 104 Å². The SMILES string of the molecule is CC1CNCC(N(CC(N)=O)C2CCCC2)C1. The maximum Gasteiger partial charge on any atom is 0.231 e. The number of primary amides is 1. The van der Waals surface area contributed by atoms with Gasteiger partial charge in [0.1, 0.15) is 0 Å². The smallest absolute Gasteiger partial charge is 0.231 e. The summed E-state index contributed by atoms with van der Waals surface area (Å²) in [6.07, 6.45) is 6.26. The fourth-order valence-electron chi connectivity index (χ4n) is 3.35. The molecule has 98 valence electrons. The summed E-state index contributed by atoms with van der Waals surface area (Å²) in [6, 6.07) is 1.08. The standard InChI is InChI=1S/C13H25N3O/c1-10-6-12(8-15-7-10)16(9-13(14)17)11-4-2-3-5-11/h10-12,15H,2-9H2,1H3,(H2,14,17). The number of hydrogen-bond acceptors (Lipinski definition) is 3. The van der Waals surface area contributed by atoms with Gasteiger partial charge in [-0.15, -0.1) is 0 Å². The van der Waals surface area contributed by atoms with Crippen molar-refractivity contribution in [2.24, 2.45) is 11.7 Å². The first-order valence-electron chi connectivity index (χ1n) is 6.91. The highest BCUT2D eigenvalue weighted by atomic mass is 16.1. The van der Waals surface area contributed by atoms with E-state index in [-0.39, 0.29) is 5.91 Å². The second kappa shape index (κ2) is 5.83. The lowest BCUT2D eigenvalue weighted by Crippen LogP contribution is -2.54. The lowest BCUT2D eigenvalue weighted by molar-refractivity contribution is -0.120. The molecule has 17 heavy (non-hydrogen) atoms. The molecule has 2 atom stereocenters. The number of nitrogens with zero attached hydrogens (tertiary/aromatic N) is 1. The minimum atomic E-state index is -0.185. The minimum absolute atomic E-state index is 0.185. The summed E-state index contributed by atoms with van der Waals surface area (Å²) >= 11 is 0. The van der Waals surface area contributed by atoms with E-state index in [1.54, 1.807) is 0 Å². The Hall–Kier alpha value is -0.610. The predicted molar refractivity (Wildman–Crippen MR) is 68.6 cm³/mol. The van der Waals surface area contributed by atoms with Crippen molar-refractivity contribution in [1.29, 1.82) is 0 Å². The van der Waals surface area contributed by atoms with Crippen molar-refractivity contribution in [2.45, 2.75) is 51.1 Å². The van der Waals surface area contributed by atoms with Crippen LogP contribution in [-0.2, 0) is 4.79 Å². The third kappa shape index (κ3) is 3.42. The molecule has 0 bridgehead atoms.